The Bertz CT molecular complexity index is 497. The van der Waals surface area contributed by atoms with Crippen molar-refractivity contribution >= 4 is 124 Å². The fourth-order valence-electron chi connectivity index (χ4n) is 1.88. The molecule has 0 aliphatic carbocycles. The van der Waals surface area contributed by atoms with E-state index in [0.717, 1.165) is 0 Å². The van der Waals surface area contributed by atoms with Crippen molar-refractivity contribution < 1.29 is 0 Å². The zero-order valence-corrected chi connectivity index (χ0v) is 16.0. The maximum atomic E-state index is 2.24. The molecule has 0 aliphatic rings. The first kappa shape index (κ1) is 15.5. The molecule has 3 aromatic carbocycles. The van der Waals surface area contributed by atoms with Crippen LogP contribution in [-0.2, 0) is 0 Å². The van der Waals surface area contributed by atoms with Crippen molar-refractivity contribution in [1.82, 2.24) is 0 Å². The quantitative estimate of drug-likeness (QED) is 0.428. The molecule has 0 saturated heterocycles. The van der Waals surface area contributed by atoms with Crippen molar-refractivity contribution in [3.8, 4) is 0 Å². The molecule has 0 aromatic heterocycles. The number of hydrogen-bond donors (Lipinski definition) is 0. The zero-order valence-electron chi connectivity index (χ0n) is 9.77. The van der Waals surface area contributed by atoms with E-state index in [0.29, 0.717) is 0 Å². The molecule has 0 heterocycles. The van der Waals surface area contributed by atoms with Gasteiger partial charge in [0.15, 0.2) is 0 Å². The SMILES string of the molecule is [K].[K].c1ccc2cc3ccccc3cc2c1. The van der Waals surface area contributed by atoms with Gasteiger partial charge in [0.1, 0.15) is 0 Å². The van der Waals surface area contributed by atoms with Gasteiger partial charge in [-0.15, -0.1) is 0 Å². The van der Waals surface area contributed by atoms with Gasteiger partial charge in [-0.1, -0.05) is 48.5 Å². The third kappa shape index (κ3) is 3.26. The molecular formula is C14H10K2. The summed E-state index contributed by atoms with van der Waals surface area (Å²) >= 11 is 0. The van der Waals surface area contributed by atoms with Gasteiger partial charge < -0.3 is 0 Å². The maximum absolute atomic E-state index is 2.24. The van der Waals surface area contributed by atoms with E-state index in [1.165, 1.54) is 21.5 Å². The van der Waals surface area contributed by atoms with E-state index in [9.17, 15) is 0 Å². The summed E-state index contributed by atoms with van der Waals surface area (Å²) in [6, 6.07) is 21.4. The predicted octanol–water partition coefficient (Wildman–Crippen LogP) is 3.23. The van der Waals surface area contributed by atoms with Gasteiger partial charge >= 0.3 is 0 Å². The van der Waals surface area contributed by atoms with Crippen molar-refractivity contribution in [3.05, 3.63) is 60.7 Å². The van der Waals surface area contributed by atoms with Gasteiger partial charge in [-0.05, 0) is 33.7 Å². The Morgan fingerprint density at radius 2 is 0.688 bits per heavy atom. The molecule has 0 atom stereocenters. The first-order chi connectivity index (χ1) is 6.93. The minimum absolute atomic E-state index is 0. The van der Waals surface area contributed by atoms with E-state index in [-0.39, 0.29) is 103 Å². The average molecular weight is 256 g/mol. The maximum Gasteiger partial charge on any atom is 0 e. The Morgan fingerprint density at radius 3 is 0.938 bits per heavy atom. The summed E-state index contributed by atoms with van der Waals surface area (Å²) in [6.07, 6.45) is 0. The summed E-state index contributed by atoms with van der Waals surface area (Å²) in [5, 5.41) is 5.25. The van der Waals surface area contributed by atoms with Gasteiger partial charge in [0, 0.05) is 103 Å². The summed E-state index contributed by atoms with van der Waals surface area (Å²) in [7, 11) is 0. The molecule has 0 nitrogen and oxygen atoms in total. The molecule has 0 aliphatic heterocycles. The van der Waals surface area contributed by atoms with Crippen LogP contribution in [-0.4, -0.2) is 103 Å². The van der Waals surface area contributed by atoms with Gasteiger partial charge in [-0.3, -0.25) is 0 Å². The van der Waals surface area contributed by atoms with E-state index in [1.54, 1.807) is 0 Å². The van der Waals surface area contributed by atoms with Crippen molar-refractivity contribution in [2.75, 3.05) is 0 Å². The molecule has 0 unspecified atom stereocenters. The second-order valence-electron chi connectivity index (χ2n) is 3.55. The molecule has 0 spiro atoms. The van der Waals surface area contributed by atoms with Gasteiger partial charge in [0.25, 0.3) is 0 Å². The zero-order chi connectivity index (χ0) is 9.38. The molecule has 0 N–H and O–H groups in total. The van der Waals surface area contributed by atoms with Crippen molar-refractivity contribution in [2.45, 2.75) is 0 Å². The Labute approximate surface area is 181 Å². The van der Waals surface area contributed by atoms with Crippen molar-refractivity contribution in [1.29, 1.82) is 0 Å². The topological polar surface area (TPSA) is 0 Å². The molecule has 0 bridgehead atoms. The number of rotatable bonds is 0. The number of benzene rings is 3. The van der Waals surface area contributed by atoms with Crippen LogP contribution in [0.1, 0.15) is 0 Å². The fourth-order valence-corrected chi connectivity index (χ4v) is 1.88. The van der Waals surface area contributed by atoms with Gasteiger partial charge in [0.05, 0.1) is 0 Å². The monoisotopic (exact) mass is 256 g/mol. The van der Waals surface area contributed by atoms with Gasteiger partial charge in [-0.25, -0.2) is 0 Å². The summed E-state index contributed by atoms with van der Waals surface area (Å²) < 4.78 is 0. The van der Waals surface area contributed by atoms with Crippen LogP contribution in [0.15, 0.2) is 60.7 Å². The summed E-state index contributed by atoms with van der Waals surface area (Å²) in [5.41, 5.74) is 0. The van der Waals surface area contributed by atoms with Crippen molar-refractivity contribution in [2.24, 2.45) is 0 Å². The third-order valence-corrected chi connectivity index (χ3v) is 2.61. The summed E-state index contributed by atoms with van der Waals surface area (Å²) in [5.74, 6) is 0. The minimum Gasteiger partial charge on any atom is -0.0616 e. The van der Waals surface area contributed by atoms with Crippen LogP contribution in [0.4, 0.5) is 0 Å². The molecule has 3 aromatic rings. The second kappa shape index (κ2) is 7.14. The molecule has 16 heavy (non-hydrogen) atoms. The van der Waals surface area contributed by atoms with E-state index in [4.69, 9.17) is 0 Å². The largest absolute Gasteiger partial charge is 0.0616 e. The number of hydrogen-bond acceptors (Lipinski definition) is 0. The van der Waals surface area contributed by atoms with Crippen LogP contribution in [0, 0.1) is 0 Å². The van der Waals surface area contributed by atoms with Crippen molar-refractivity contribution in [3.63, 3.8) is 0 Å². The van der Waals surface area contributed by atoms with Gasteiger partial charge in [-0.2, -0.15) is 0 Å². The molecule has 68 valence electrons. The molecule has 0 fully saturated rings. The molecule has 0 amide bonds. The van der Waals surface area contributed by atoms with Crippen LogP contribution in [0.2, 0.25) is 0 Å². The molecule has 3 rings (SSSR count). The second-order valence-corrected chi connectivity index (χ2v) is 3.55. The van der Waals surface area contributed by atoms with Crippen LogP contribution >= 0.6 is 0 Å². The standard InChI is InChI=1S/C14H10.2K/c1-2-6-12-10-14-8-4-3-7-13(14)9-11(12)5-1;;/h1-10H;;. The van der Waals surface area contributed by atoms with Gasteiger partial charge in [0.2, 0.25) is 0 Å². The molecule has 2 heteroatoms. The molecule has 0 saturated carbocycles. The van der Waals surface area contributed by atoms with Crippen LogP contribution in [0.25, 0.3) is 21.5 Å². The Morgan fingerprint density at radius 1 is 0.438 bits per heavy atom. The first-order valence-electron chi connectivity index (χ1n) is 4.81. The smallest absolute Gasteiger partial charge is 0 e. The van der Waals surface area contributed by atoms with Crippen LogP contribution < -0.4 is 0 Å². The normalized spacial score (nSPS) is 9.50. The van der Waals surface area contributed by atoms with E-state index >= 15 is 0 Å². The van der Waals surface area contributed by atoms with E-state index in [2.05, 4.69) is 60.7 Å². The Kier molecular flexibility index (Phi) is 6.92. The summed E-state index contributed by atoms with van der Waals surface area (Å²) in [4.78, 5) is 0. The molecule has 2 radical (unpaired) electrons. The number of fused-ring (bicyclic) bond motifs is 2. The van der Waals surface area contributed by atoms with Crippen LogP contribution in [0.3, 0.4) is 0 Å². The first-order valence-corrected chi connectivity index (χ1v) is 4.81. The summed E-state index contributed by atoms with van der Waals surface area (Å²) in [6.45, 7) is 0. The minimum atomic E-state index is 0. The fraction of sp³-hybridized carbons (Fsp3) is 0. The third-order valence-electron chi connectivity index (χ3n) is 2.61. The Balaban J connectivity index is 0.000000640. The van der Waals surface area contributed by atoms with E-state index in [1.807, 2.05) is 0 Å². The predicted molar refractivity (Wildman–Crippen MR) is 73.0 cm³/mol. The Hall–Kier alpha value is 1.45. The van der Waals surface area contributed by atoms with E-state index < -0.39 is 0 Å². The van der Waals surface area contributed by atoms with Crippen LogP contribution in [0.5, 0.6) is 0 Å². The molecular weight excluding hydrogens is 246 g/mol. The average Bonchev–Trinajstić information content (AvgIpc) is 2.26.